The SMILES string of the molecule is Cc1nc(N[C@@H]2CCCN(C3CCOCC3)C2)nnc1-c1ccc2ccsc2c1O. The van der Waals surface area contributed by atoms with E-state index in [0.717, 1.165) is 61.3 Å². The van der Waals surface area contributed by atoms with Crippen LogP contribution in [0.5, 0.6) is 5.75 Å². The maximum atomic E-state index is 10.7. The van der Waals surface area contributed by atoms with Gasteiger partial charge < -0.3 is 15.2 Å². The molecule has 4 heterocycles. The molecule has 2 aromatic heterocycles. The van der Waals surface area contributed by atoms with Gasteiger partial charge in [0, 0.05) is 37.4 Å². The molecule has 30 heavy (non-hydrogen) atoms. The van der Waals surface area contributed by atoms with Gasteiger partial charge in [-0.3, -0.25) is 4.90 Å². The fourth-order valence-corrected chi connectivity index (χ4v) is 5.46. The molecule has 3 aromatic rings. The molecular formula is C22H27N5O2S. The molecule has 2 aliphatic rings. The fraction of sp³-hybridized carbons (Fsp3) is 0.500. The number of likely N-dealkylation sites (tertiary alicyclic amines) is 1. The first kappa shape index (κ1) is 19.7. The summed E-state index contributed by atoms with van der Waals surface area (Å²) in [6, 6.07) is 6.84. The predicted molar refractivity (Wildman–Crippen MR) is 119 cm³/mol. The summed E-state index contributed by atoms with van der Waals surface area (Å²) in [6.45, 7) is 5.83. The third kappa shape index (κ3) is 3.87. The Balaban J connectivity index is 1.31. The molecule has 1 aromatic carbocycles. The van der Waals surface area contributed by atoms with E-state index in [2.05, 4.69) is 25.4 Å². The highest BCUT2D eigenvalue weighted by Gasteiger charge is 2.27. The van der Waals surface area contributed by atoms with Crippen LogP contribution < -0.4 is 5.32 Å². The first-order chi connectivity index (χ1) is 14.7. The smallest absolute Gasteiger partial charge is 0.243 e. The van der Waals surface area contributed by atoms with Crippen LogP contribution in [0.15, 0.2) is 23.6 Å². The zero-order chi connectivity index (χ0) is 20.5. The second-order valence-electron chi connectivity index (χ2n) is 8.19. The van der Waals surface area contributed by atoms with Gasteiger partial charge >= 0.3 is 0 Å². The Hall–Kier alpha value is -2.29. The summed E-state index contributed by atoms with van der Waals surface area (Å²) in [4.78, 5) is 7.25. The number of nitrogens with zero attached hydrogens (tertiary/aromatic N) is 4. The minimum absolute atomic E-state index is 0.252. The summed E-state index contributed by atoms with van der Waals surface area (Å²) in [6.07, 6.45) is 4.53. The number of phenolic OH excluding ortho intramolecular Hbond substituents is 1. The zero-order valence-electron chi connectivity index (χ0n) is 17.2. The van der Waals surface area contributed by atoms with Crippen LogP contribution in [0.3, 0.4) is 0 Å². The molecule has 1 atom stereocenters. The quantitative estimate of drug-likeness (QED) is 0.657. The highest BCUT2D eigenvalue weighted by atomic mass is 32.1. The van der Waals surface area contributed by atoms with E-state index in [9.17, 15) is 5.11 Å². The van der Waals surface area contributed by atoms with Crippen LogP contribution in [0.2, 0.25) is 0 Å². The zero-order valence-corrected chi connectivity index (χ0v) is 18.0. The lowest BCUT2D eigenvalue weighted by Crippen LogP contribution is -2.49. The highest BCUT2D eigenvalue weighted by Crippen LogP contribution is 2.38. The van der Waals surface area contributed by atoms with Crippen molar-refractivity contribution in [2.75, 3.05) is 31.6 Å². The van der Waals surface area contributed by atoms with E-state index in [1.807, 2.05) is 30.5 Å². The Morgan fingerprint density at radius 1 is 1.17 bits per heavy atom. The Labute approximate surface area is 180 Å². The molecule has 2 saturated heterocycles. The Morgan fingerprint density at radius 2 is 2.03 bits per heavy atom. The Morgan fingerprint density at radius 3 is 2.87 bits per heavy atom. The highest BCUT2D eigenvalue weighted by molar-refractivity contribution is 7.17. The third-order valence-electron chi connectivity index (χ3n) is 6.20. The maximum absolute atomic E-state index is 10.7. The van der Waals surface area contributed by atoms with Crippen LogP contribution >= 0.6 is 11.3 Å². The average molecular weight is 426 g/mol. The van der Waals surface area contributed by atoms with Crippen LogP contribution in [0.25, 0.3) is 21.3 Å². The molecule has 0 amide bonds. The summed E-state index contributed by atoms with van der Waals surface area (Å²) < 4.78 is 6.38. The van der Waals surface area contributed by atoms with E-state index in [0.29, 0.717) is 29.3 Å². The molecule has 0 saturated carbocycles. The van der Waals surface area contributed by atoms with Crippen molar-refractivity contribution in [2.24, 2.45) is 0 Å². The molecule has 158 valence electrons. The van der Waals surface area contributed by atoms with Crippen molar-refractivity contribution in [2.45, 2.75) is 44.7 Å². The molecule has 2 N–H and O–H groups in total. The van der Waals surface area contributed by atoms with E-state index >= 15 is 0 Å². The Kier molecular flexibility index (Phi) is 5.54. The first-order valence-corrected chi connectivity index (χ1v) is 11.6. The maximum Gasteiger partial charge on any atom is 0.243 e. The molecule has 0 spiro atoms. The summed E-state index contributed by atoms with van der Waals surface area (Å²) in [5.41, 5.74) is 2.06. The molecule has 7 nitrogen and oxygen atoms in total. The van der Waals surface area contributed by atoms with E-state index in [4.69, 9.17) is 4.74 Å². The fourth-order valence-electron chi connectivity index (χ4n) is 4.61. The Bertz CT molecular complexity index is 1030. The lowest BCUT2D eigenvalue weighted by Gasteiger charge is -2.40. The van der Waals surface area contributed by atoms with Gasteiger partial charge in [0.25, 0.3) is 0 Å². The van der Waals surface area contributed by atoms with Crippen molar-refractivity contribution in [3.8, 4) is 17.0 Å². The van der Waals surface area contributed by atoms with Crippen LogP contribution in [-0.2, 0) is 4.74 Å². The van der Waals surface area contributed by atoms with Crippen LogP contribution in [0.4, 0.5) is 5.95 Å². The number of thiophene rings is 1. The summed E-state index contributed by atoms with van der Waals surface area (Å²) in [5, 5.41) is 25.9. The van der Waals surface area contributed by atoms with Crippen LogP contribution in [0, 0.1) is 6.92 Å². The normalized spacial score (nSPS) is 21.2. The molecule has 2 fully saturated rings. The molecule has 0 aliphatic carbocycles. The van der Waals surface area contributed by atoms with Crippen molar-refractivity contribution in [1.29, 1.82) is 0 Å². The van der Waals surface area contributed by atoms with Gasteiger partial charge in [-0.15, -0.1) is 21.5 Å². The number of fused-ring (bicyclic) bond motifs is 1. The van der Waals surface area contributed by atoms with Crippen molar-refractivity contribution < 1.29 is 9.84 Å². The van der Waals surface area contributed by atoms with Crippen LogP contribution in [-0.4, -0.2) is 63.6 Å². The molecule has 8 heteroatoms. The number of aromatic nitrogens is 3. The van der Waals surface area contributed by atoms with E-state index in [1.165, 1.54) is 17.8 Å². The van der Waals surface area contributed by atoms with E-state index in [-0.39, 0.29) is 5.75 Å². The molecular weight excluding hydrogens is 398 g/mol. The second kappa shape index (κ2) is 8.45. The number of ether oxygens (including phenoxy) is 1. The largest absolute Gasteiger partial charge is 0.506 e. The molecule has 5 rings (SSSR count). The number of hydrogen-bond acceptors (Lipinski definition) is 8. The minimum atomic E-state index is 0.252. The molecule has 2 aliphatic heterocycles. The van der Waals surface area contributed by atoms with Gasteiger partial charge in [0.1, 0.15) is 11.4 Å². The monoisotopic (exact) mass is 425 g/mol. The van der Waals surface area contributed by atoms with Gasteiger partial charge in [-0.25, -0.2) is 4.98 Å². The van der Waals surface area contributed by atoms with Crippen molar-refractivity contribution in [3.05, 3.63) is 29.3 Å². The predicted octanol–water partition coefficient (Wildman–Crippen LogP) is 3.82. The van der Waals surface area contributed by atoms with Crippen molar-refractivity contribution in [3.63, 3.8) is 0 Å². The number of hydrogen-bond donors (Lipinski definition) is 2. The van der Waals surface area contributed by atoms with E-state index < -0.39 is 0 Å². The lowest BCUT2D eigenvalue weighted by atomic mass is 10.00. The number of piperidine rings is 1. The third-order valence-corrected chi connectivity index (χ3v) is 7.14. The van der Waals surface area contributed by atoms with E-state index in [1.54, 1.807) is 0 Å². The number of nitrogens with one attached hydrogen (secondary N) is 1. The summed E-state index contributed by atoms with van der Waals surface area (Å²) in [5.74, 6) is 0.813. The second-order valence-corrected chi connectivity index (χ2v) is 9.11. The van der Waals surface area contributed by atoms with Crippen LogP contribution in [0.1, 0.15) is 31.4 Å². The van der Waals surface area contributed by atoms with Crippen molar-refractivity contribution >= 4 is 27.4 Å². The van der Waals surface area contributed by atoms with Gasteiger partial charge in [-0.1, -0.05) is 6.07 Å². The summed E-state index contributed by atoms with van der Waals surface area (Å²) in [7, 11) is 0. The van der Waals surface area contributed by atoms with Crippen molar-refractivity contribution in [1.82, 2.24) is 20.1 Å². The number of rotatable bonds is 4. The van der Waals surface area contributed by atoms with Gasteiger partial charge in [0.2, 0.25) is 5.95 Å². The molecule has 0 radical (unpaired) electrons. The molecule has 0 unspecified atom stereocenters. The number of aryl methyl sites for hydroxylation is 1. The first-order valence-electron chi connectivity index (χ1n) is 10.7. The molecule has 0 bridgehead atoms. The number of aromatic hydroxyl groups is 1. The van der Waals surface area contributed by atoms with Gasteiger partial charge in [0.05, 0.1) is 10.4 Å². The average Bonchev–Trinajstić information content (AvgIpc) is 3.25. The topological polar surface area (TPSA) is 83.4 Å². The minimum Gasteiger partial charge on any atom is -0.506 e. The number of benzene rings is 1. The lowest BCUT2D eigenvalue weighted by molar-refractivity contribution is 0.0255. The van der Waals surface area contributed by atoms with Gasteiger partial charge in [0.15, 0.2) is 0 Å². The number of phenols is 1. The van der Waals surface area contributed by atoms with Gasteiger partial charge in [-0.05, 0) is 62.1 Å². The standard InChI is InChI=1S/C22H27N5O2S/c1-14-19(18-5-4-15-8-12-30-21(15)20(18)28)25-26-22(23-14)24-16-3-2-9-27(13-16)17-6-10-29-11-7-17/h4-5,8,12,16-17,28H,2-3,6-7,9-11,13H2,1H3,(H,23,24,26)/t16-/m1/s1. The van der Waals surface area contributed by atoms with Gasteiger partial charge in [-0.2, -0.15) is 0 Å². The summed E-state index contributed by atoms with van der Waals surface area (Å²) >= 11 is 1.52. The number of anilines is 1.